The first kappa shape index (κ1) is 9.13. The van der Waals surface area contributed by atoms with Gasteiger partial charge >= 0.3 is 0 Å². The fourth-order valence-electron chi connectivity index (χ4n) is 3.18. The molecule has 4 atom stereocenters. The van der Waals surface area contributed by atoms with E-state index in [1.165, 1.54) is 25.7 Å². The molecule has 3 heteroatoms. The van der Waals surface area contributed by atoms with E-state index in [1.807, 2.05) is 0 Å². The topological polar surface area (TPSA) is 30.5 Å². The van der Waals surface area contributed by atoms with Crippen molar-refractivity contribution in [2.75, 3.05) is 13.1 Å². The minimum absolute atomic E-state index is 0.00463. The molecule has 0 aromatic rings. The van der Waals surface area contributed by atoms with Crippen LogP contribution in [0.3, 0.4) is 0 Å². The third kappa shape index (κ3) is 1.30. The third-order valence-corrected chi connectivity index (χ3v) is 3.88. The number of fused-ring (bicyclic) bond motifs is 3. The molecule has 3 heterocycles. The summed E-state index contributed by atoms with van der Waals surface area (Å²) < 4.78 is 12.1. The Morgan fingerprint density at radius 2 is 2.21 bits per heavy atom. The van der Waals surface area contributed by atoms with Crippen molar-refractivity contribution in [1.29, 1.82) is 0 Å². The van der Waals surface area contributed by atoms with E-state index in [9.17, 15) is 0 Å². The van der Waals surface area contributed by atoms with Crippen molar-refractivity contribution in [3.05, 3.63) is 0 Å². The zero-order chi connectivity index (χ0) is 9.60. The van der Waals surface area contributed by atoms with Crippen molar-refractivity contribution >= 4 is 0 Å². The molecule has 3 aliphatic heterocycles. The van der Waals surface area contributed by atoms with Crippen LogP contribution in [0.15, 0.2) is 0 Å². The van der Waals surface area contributed by atoms with E-state index in [0.717, 1.165) is 13.1 Å². The molecule has 80 valence electrons. The second kappa shape index (κ2) is 3.19. The predicted octanol–water partition coefficient (Wildman–Crippen LogP) is 1.07. The molecule has 2 bridgehead atoms. The molecule has 3 nitrogen and oxygen atoms in total. The highest BCUT2D eigenvalue weighted by Crippen LogP contribution is 2.42. The van der Waals surface area contributed by atoms with Crippen LogP contribution >= 0.6 is 0 Å². The van der Waals surface area contributed by atoms with E-state index in [1.54, 1.807) is 0 Å². The van der Waals surface area contributed by atoms with Gasteiger partial charge in [0.25, 0.3) is 0 Å². The van der Waals surface area contributed by atoms with Crippen LogP contribution < -0.4 is 5.32 Å². The molecule has 0 aliphatic carbocycles. The highest BCUT2D eigenvalue weighted by molar-refractivity contribution is 5.02. The van der Waals surface area contributed by atoms with Gasteiger partial charge in [-0.15, -0.1) is 0 Å². The number of hydrogen-bond donors (Lipinski definition) is 1. The quantitative estimate of drug-likeness (QED) is 0.630. The summed E-state index contributed by atoms with van der Waals surface area (Å²) in [5.74, 6) is 0. The molecule has 1 spiro atoms. The predicted molar refractivity (Wildman–Crippen MR) is 53.3 cm³/mol. The van der Waals surface area contributed by atoms with Crippen molar-refractivity contribution in [2.45, 2.75) is 56.5 Å². The van der Waals surface area contributed by atoms with Crippen LogP contribution in [0, 0.1) is 0 Å². The van der Waals surface area contributed by atoms with Gasteiger partial charge in [-0.05, 0) is 32.6 Å². The number of rotatable bonds is 0. The van der Waals surface area contributed by atoms with Gasteiger partial charge in [-0.3, -0.25) is 0 Å². The maximum atomic E-state index is 6.16. The van der Waals surface area contributed by atoms with Crippen LogP contribution in [0.5, 0.6) is 0 Å². The van der Waals surface area contributed by atoms with Crippen molar-refractivity contribution < 1.29 is 9.47 Å². The molecule has 1 N–H and O–H groups in total. The molecule has 0 radical (unpaired) electrons. The van der Waals surface area contributed by atoms with Gasteiger partial charge in [0.1, 0.15) is 5.60 Å². The summed E-state index contributed by atoms with van der Waals surface area (Å²) in [4.78, 5) is 0. The Morgan fingerprint density at radius 1 is 1.29 bits per heavy atom. The molecule has 0 saturated carbocycles. The van der Waals surface area contributed by atoms with Crippen LogP contribution in [-0.2, 0) is 9.47 Å². The van der Waals surface area contributed by atoms with Gasteiger partial charge in [0, 0.05) is 13.1 Å². The second-order valence-electron chi connectivity index (χ2n) is 4.99. The third-order valence-electron chi connectivity index (χ3n) is 3.88. The SMILES string of the molecule is CC1CNCC2(CCC3CCC2O3)O1. The van der Waals surface area contributed by atoms with E-state index < -0.39 is 0 Å². The Kier molecular flexibility index (Phi) is 2.08. The van der Waals surface area contributed by atoms with E-state index >= 15 is 0 Å². The monoisotopic (exact) mass is 197 g/mol. The molecule has 3 aliphatic rings. The molecule has 14 heavy (non-hydrogen) atoms. The number of morpholine rings is 1. The Hall–Kier alpha value is -0.120. The molecule has 4 unspecified atom stereocenters. The van der Waals surface area contributed by atoms with E-state index in [4.69, 9.17) is 9.47 Å². The Labute approximate surface area is 85.1 Å². The van der Waals surface area contributed by atoms with Crippen molar-refractivity contribution in [3.63, 3.8) is 0 Å². The summed E-state index contributed by atoms with van der Waals surface area (Å²) in [7, 11) is 0. The molecule has 0 aromatic heterocycles. The van der Waals surface area contributed by atoms with E-state index in [2.05, 4.69) is 12.2 Å². The lowest BCUT2D eigenvalue weighted by Crippen LogP contribution is -2.60. The van der Waals surface area contributed by atoms with Gasteiger partial charge in [0.15, 0.2) is 0 Å². The lowest BCUT2D eigenvalue weighted by atomic mass is 9.88. The molecule has 0 aromatic carbocycles. The molecule has 3 fully saturated rings. The summed E-state index contributed by atoms with van der Waals surface area (Å²) in [5.41, 5.74) is 0.00463. The minimum atomic E-state index is 0.00463. The van der Waals surface area contributed by atoms with Gasteiger partial charge in [0.05, 0.1) is 18.3 Å². The normalized spacial score (nSPS) is 52.5. The Morgan fingerprint density at radius 3 is 3.07 bits per heavy atom. The zero-order valence-corrected chi connectivity index (χ0v) is 8.79. The average Bonchev–Trinajstić information content (AvgIpc) is 2.58. The highest BCUT2D eigenvalue weighted by atomic mass is 16.6. The molecule has 3 saturated heterocycles. The first-order valence-corrected chi connectivity index (χ1v) is 5.82. The molecular weight excluding hydrogens is 178 g/mol. The summed E-state index contributed by atoms with van der Waals surface area (Å²) in [5, 5.41) is 3.47. The first-order chi connectivity index (χ1) is 6.78. The van der Waals surface area contributed by atoms with E-state index in [0.29, 0.717) is 18.3 Å². The highest BCUT2D eigenvalue weighted by Gasteiger charge is 2.50. The van der Waals surface area contributed by atoms with Gasteiger partial charge in [0.2, 0.25) is 0 Å². The lowest BCUT2D eigenvalue weighted by Gasteiger charge is -2.46. The van der Waals surface area contributed by atoms with Gasteiger partial charge < -0.3 is 14.8 Å². The van der Waals surface area contributed by atoms with Crippen molar-refractivity contribution in [2.24, 2.45) is 0 Å². The van der Waals surface area contributed by atoms with Crippen LogP contribution in [-0.4, -0.2) is 37.0 Å². The summed E-state index contributed by atoms with van der Waals surface area (Å²) in [6.07, 6.45) is 6.03. The summed E-state index contributed by atoms with van der Waals surface area (Å²) in [6, 6.07) is 0. The fourth-order valence-corrected chi connectivity index (χ4v) is 3.18. The lowest BCUT2D eigenvalue weighted by molar-refractivity contribution is -0.205. The minimum Gasteiger partial charge on any atom is -0.372 e. The smallest absolute Gasteiger partial charge is 0.107 e. The maximum absolute atomic E-state index is 6.16. The Bertz CT molecular complexity index is 233. The summed E-state index contributed by atoms with van der Waals surface area (Å²) in [6.45, 7) is 4.11. The standard InChI is InChI=1S/C11H19NO2/c1-8-6-12-7-11(14-8)5-4-9-2-3-10(11)13-9/h8-10,12H,2-7H2,1H3. The van der Waals surface area contributed by atoms with Crippen molar-refractivity contribution in [3.8, 4) is 0 Å². The maximum Gasteiger partial charge on any atom is 0.107 e. The first-order valence-electron chi connectivity index (χ1n) is 5.82. The zero-order valence-electron chi connectivity index (χ0n) is 8.79. The number of ether oxygens (including phenoxy) is 2. The van der Waals surface area contributed by atoms with Gasteiger partial charge in [-0.2, -0.15) is 0 Å². The van der Waals surface area contributed by atoms with Crippen LogP contribution in [0.1, 0.15) is 32.6 Å². The molecule has 0 amide bonds. The summed E-state index contributed by atoms with van der Waals surface area (Å²) >= 11 is 0. The number of hydrogen-bond acceptors (Lipinski definition) is 3. The van der Waals surface area contributed by atoms with Gasteiger partial charge in [-0.1, -0.05) is 0 Å². The molecule has 3 rings (SSSR count). The molecular formula is C11H19NO2. The van der Waals surface area contributed by atoms with Gasteiger partial charge in [-0.25, -0.2) is 0 Å². The Balaban J connectivity index is 1.80. The largest absolute Gasteiger partial charge is 0.372 e. The van der Waals surface area contributed by atoms with Crippen LogP contribution in [0.25, 0.3) is 0 Å². The fraction of sp³-hybridized carbons (Fsp3) is 1.00. The second-order valence-corrected chi connectivity index (χ2v) is 4.99. The van der Waals surface area contributed by atoms with Crippen molar-refractivity contribution in [1.82, 2.24) is 5.32 Å². The van der Waals surface area contributed by atoms with Crippen LogP contribution in [0.2, 0.25) is 0 Å². The average molecular weight is 197 g/mol. The van der Waals surface area contributed by atoms with Crippen LogP contribution in [0.4, 0.5) is 0 Å². The van der Waals surface area contributed by atoms with E-state index in [-0.39, 0.29) is 5.60 Å². The number of nitrogens with one attached hydrogen (secondary N) is 1.